The van der Waals surface area contributed by atoms with Gasteiger partial charge in [0.1, 0.15) is 0 Å². The minimum Gasteiger partial charge on any atom is -0.362 e. The minimum atomic E-state index is -0.408. The first kappa shape index (κ1) is 23.1. The molecular weight excluding hydrogens is 476 g/mol. The number of urea groups is 1. The van der Waals surface area contributed by atoms with Crippen LogP contribution in [-0.4, -0.2) is 16.9 Å². The fourth-order valence-corrected chi connectivity index (χ4v) is 4.62. The molecule has 0 bridgehead atoms. The number of carbonyl (C=O) groups is 2. The van der Waals surface area contributed by atoms with Gasteiger partial charge in [-0.05, 0) is 79.1 Å². The number of H-pyrrole nitrogens is 1. The van der Waals surface area contributed by atoms with E-state index in [0.717, 1.165) is 46.7 Å². The second-order valence-corrected chi connectivity index (χ2v) is 9.46. The first-order valence-corrected chi connectivity index (χ1v) is 12.3. The van der Waals surface area contributed by atoms with Gasteiger partial charge < -0.3 is 26.3 Å². The number of aromatic amines is 1. The number of benzene rings is 3. The fourth-order valence-electron chi connectivity index (χ4n) is 4.62. The minimum absolute atomic E-state index is 0.144. The third-order valence-corrected chi connectivity index (χ3v) is 6.77. The third kappa shape index (κ3) is 4.61. The van der Waals surface area contributed by atoms with Gasteiger partial charge in [-0.15, -0.1) is 0 Å². The van der Waals surface area contributed by atoms with Crippen molar-refractivity contribution in [3.63, 3.8) is 0 Å². The number of hydrogen-bond acceptors (Lipinski definition) is 4. The summed E-state index contributed by atoms with van der Waals surface area (Å²) in [6, 6.07) is 26.3. The summed E-state index contributed by atoms with van der Waals surface area (Å²) < 4.78 is 0. The average molecular weight is 501 g/mol. The number of anilines is 5. The van der Waals surface area contributed by atoms with E-state index < -0.39 is 5.41 Å². The quantitative estimate of drug-likeness (QED) is 0.195. The molecule has 5 N–H and O–H groups in total. The first-order chi connectivity index (χ1) is 18.5. The number of nitrogens with one attached hydrogen (secondary N) is 5. The Bertz CT molecular complexity index is 1630. The molecule has 38 heavy (non-hydrogen) atoms. The summed E-state index contributed by atoms with van der Waals surface area (Å²) in [5, 5.41) is 21.4. The maximum atomic E-state index is 12.6. The van der Waals surface area contributed by atoms with Crippen LogP contribution in [0.2, 0.25) is 0 Å². The predicted molar refractivity (Wildman–Crippen MR) is 149 cm³/mol. The van der Waals surface area contributed by atoms with Crippen LogP contribution in [0, 0.1) is 11.3 Å². The van der Waals surface area contributed by atoms with Crippen molar-refractivity contribution in [2.24, 2.45) is 0 Å². The van der Waals surface area contributed by atoms with Crippen LogP contribution in [0.15, 0.2) is 85.1 Å². The van der Waals surface area contributed by atoms with E-state index in [1.54, 1.807) is 12.1 Å². The van der Waals surface area contributed by atoms with Gasteiger partial charge >= 0.3 is 6.03 Å². The Hall–Kier alpha value is -5.29. The zero-order chi connectivity index (χ0) is 26.1. The van der Waals surface area contributed by atoms with Crippen molar-refractivity contribution in [1.29, 1.82) is 5.26 Å². The standard InChI is InChI=1S/C30H24N6O2/c31-18-30(11-12-30)19-4-1-5-21(14-19)34-29(38)35-23-7-2-6-22(15-23)33-24-9-10-25-26(16-20-8-3-13-32-20)28(37)36-27(25)17-24/h1-10,13-17,32-33H,11-12H2,(H,36,37)(H2,34,35,38)/b26-16-. The highest BCUT2D eigenvalue weighted by Gasteiger charge is 2.44. The number of hydrogen-bond donors (Lipinski definition) is 5. The van der Waals surface area contributed by atoms with Crippen LogP contribution in [0.1, 0.15) is 29.7 Å². The van der Waals surface area contributed by atoms with Crippen molar-refractivity contribution in [3.8, 4) is 6.07 Å². The van der Waals surface area contributed by atoms with E-state index in [2.05, 4.69) is 32.3 Å². The molecule has 0 unspecified atom stereocenters. The van der Waals surface area contributed by atoms with E-state index >= 15 is 0 Å². The third-order valence-electron chi connectivity index (χ3n) is 6.77. The SMILES string of the molecule is N#CC1(c2cccc(NC(=O)Nc3cccc(Nc4ccc5c(c4)NC(=O)/C5=C\c4ccc[nH]4)c3)c2)CC1. The molecule has 2 heterocycles. The molecule has 1 aliphatic heterocycles. The van der Waals surface area contributed by atoms with E-state index in [1.807, 2.05) is 79.0 Å². The number of amides is 3. The van der Waals surface area contributed by atoms with Crippen molar-refractivity contribution < 1.29 is 9.59 Å². The largest absolute Gasteiger partial charge is 0.362 e. The zero-order valence-electron chi connectivity index (χ0n) is 20.3. The first-order valence-electron chi connectivity index (χ1n) is 12.3. The van der Waals surface area contributed by atoms with Crippen molar-refractivity contribution in [2.45, 2.75) is 18.3 Å². The second kappa shape index (κ2) is 9.30. The lowest BCUT2D eigenvalue weighted by Crippen LogP contribution is -2.19. The Morgan fingerprint density at radius 1 is 0.895 bits per heavy atom. The lowest BCUT2D eigenvalue weighted by atomic mass is 9.97. The van der Waals surface area contributed by atoms with Crippen molar-refractivity contribution >= 4 is 52.0 Å². The Morgan fingerprint density at radius 3 is 2.37 bits per heavy atom. The molecule has 0 atom stereocenters. The molecule has 8 heteroatoms. The molecule has 0 radical (unpaired) electrons. The van der Waals surface area contributed by atoms with Gasteiger partial charge in [-0.2, -0.15) is 5.26 Å². The molecule has 1 aromatic heterocycles. The van der Waals surface area contributed by atoms with Gasteiger partial charge in [0, 0.05) is 40.2 Å². The molecule has 1 aliphatic carbocycles. The summed E-state index contributed by atoms with van der Waals surface area (Å²) in [6.45, 7) is 0. The van der Waals surface area contributed by atoms with Crippen LogP contribution in [0.4, 0.5) is 33.2 Å². The van der Waals surface area contributed by atoms with Crippen LogP contribution >= 0.6 is 0 Å². The average Bonchev–Trinajstić information content (AvgIpc) is 3.43. The predicted octanol–water partition coefficient (Wildman–Crippen LogP) is 6.45. The number of fused-ring (bicyclic) bond motifs is 1. The number of aromatic nitrogens is 1. The summed E-state index contributed by atoms with van der Waals surface area (Å²) >= 11 is 0. The lowest BCUT2D eigenvalue weighted by Gasteiger charge is -2.12. The normalized spacial score (nSPS) is 15.8. The van der Waals surface area contributed by atoms with Crippen molar-refractivity contribution in [3.05, 3.63) is 102 Å². The highest BCUT2D eigenvalue weighted by Crippen LogP contribution is 2.48. The van der Waals surface area contributed by atoms with E-state index in [0.29, 0.717) is 16.9 Å². The summed E-state index contributed by atoms with van der Waals surface area (Å²) in [5.74, 6) is -0.144. The molecule has 186 valence electrons. The number of nitriles is 1. The lowest BCUT2D eigenvalue weighted by molar-refractivity contribution is -0.110. The summed E-state index contributed by atoms with van der Waals surface area (Å²) in [5.41, 5.74) is 6.40. The molecule has 6 rings (SSSR count). The maximum absolute atomic E-state index is 12.6. The fraction of sp³-hybridized carbons (Fsp3) is 0.100. The van der Waals surface area contributed by atoms with Crippen LogP contribution in [0.5, 0.6) is 0 Å². The van der Waals surface area contributed by atoms with Crippen LogP contribution in [0.3, 0.4) is 0 Å². The molecule has 2 aliphatic rings. The van der Waals surface area contributed by atoms with Crippen molar-refractivity contribution in [1.82, 2.24) is 4.98 Å². The molecule has 0 spiro atoms. The van der Waals surface area contributed by atoms with Gasteiger partial charge in [0.05, 0.1) is 22.7 Å². The zero-order valence-corrected chi connectivity index (χ0v) is 20.3. The van der Waals surface area contributed by atoms with Crippen LogP contribution in [0.25, 0.3) is 11.6 Å². The van der Waals surface area contributed by atoms with E-state index in [-0.39, 0.29) is 11.9 Å². The van der Waals surface area contributed by atoms with Crippen LogP contribution < -0.4 is 21.3 Å². The van der Waals surface area contributed by atoms with Gasteiger partial charge in [0.2, 0.25) is 0 Å². The summed E-state index contributed by atoms with van der Waals surface area (Å²) in [7, 11) is 0. The topological polar surface area (TPSA) is 122 Å². The highest BCUT2D eigenvalue weighted by atomic mass is 16.2. The summed E-state index contributed by atoms with van der Waals surface area (Å²) in [4.78, 5) is 28.3. The molecule has 1 fully saturated rings. The number of nitrogens with zero attached hydrogens (tertiary/aromatic N) is 1. The van der Waals surface area contributed by atoms with Gasteiger partial charge in [0.25, 0.3) is 5.91 Å². The van der Waals surface area contributed by atoms with Gasteiger partial charge in [-0.25, -0.2) is 4.79 Å². The van der Waals surface area contributed by atoms with Crippen LogP contribution in [-0.2, 0) is 10.2 Å². The number of rotatable bonds is 6. The van der Waals surface area contributed by atoms with E-state index in [4.69, 9.17) is 0 Å². The second-order valence-electron chi connectivity index (χ2n) is 9.46. The molecule has 4 aromatic rings. The Balaban J connectivity index is 1.13. The Morgan fingerprint density at radius 2 is 1.63 bits per heavy atom. The van der Waals surface area contributed by atoms with E-state index in [9.17, 15) is 14.9 Å². The van der Waals surface area contributed by atoms with Gasteiger partial charge in [-0.3, -0.25) is 4.79 Å². The van der Waals surface area contributed by atoms with E-state index in [1.165, 1.54) is 0 Å². The maximum Gasteiger partial charge on any atom is 0.323 e. The highest BCUT2D eigenvalue weighted by molar-refractivity contribution is 6.35. The Kier molecular flexibility index (Phi) is 5.66. The van der Waals surface area contributed by atoms with Gasteiger partial charge in [-0.1, -0.05) is 24.3 Å². The van der Waals surface area contributed by atoms with Gasteiger partial charge in [0.15, 0.2) is 0 Å². The summed E-state index contributed by atoms with van der Waals surface area (Å²) in [6.07, 6.45) is 5.34. The monoisotopic (exact) mass is 500 g/mol. The molecule has 3 amide bonds. The smallest absolute Gasteiger partial charge is 0.323 e. The Labute approximate surface area is 219 Å². The molecule has 8 nitrogen and oxygen atoms in total. The molecule has 0 saturated heterocycles. The molecule has 3 aromatic carbocycles. The molecular formula is C30H24N6O2. The number of carbonyl (C=O) groups excluding carboxylic acids is 2. The van der Waals surface area contributed by atoms with Crippen molar-refractivity contribution in [2.75, 3.05) is 21.3 Å². The molecule has 1 saturated carbocycles.